The minimum atomic E-state index is -3.73. The van der Waals surface area contributed by atoms with Crippen LogP contribution in [0, 0.1) is 0 Å². The lowest BCUT2D eigenvalue weighted by atomic mass is 10.1. The second-order valence-electron chi connectivity index (χ2n) is 5.75. The van der Waals surface area contributed by atoms with E-state index in [0.717, 1.165) is 0 Å². The van der Waals surface area contributed by atoms with E-state index < -0.39 is 26.4 Å². The maximum atomic E-state index is 10.6. The van der Waals surface area contributed by atoms with Crippen LogP contribution in [0.1, 0.15) is 26.7 Å². The molecule has 0 radical (unpaired) electrons. The zero-order valence-corrected chi connectivity index (χ0v) is 16.4. The van der Waals surface area contributed by atoms with E-state index in [-0.39, 0.29) is 18.3 Å². The fourth-order valence-corrected chi connectivity index (χ4v) is 10.9. The Hall–Kier alpha value is -0.409. The Labute approximate surface area is 139 Å². The lowest BCUT2D eigenvalue weighted by Crippen LogP contribution is -2.66. The van der Waals surface area contributed by atoms with Gasteiger partial charge in [0.1, 0.15) is 0 Å². The van der Waals surface area contributed by atoms with Crippen LogP contribution in [0.4, 0.5) is 0 Å². The predicted octanol–water partition coefficient (Wildman–Crippen LogP) is 0.999. The van der Waals surface area contributed by atoms with Gasteiger partial charge in [-0.05, 0) is 43.8 Å². The maximum absolute atomic E-state index is 10.6. The van der Waals surface area contributed by atoms with E-state index >= 15 is 0 Å². The first-order chi connectivity index (χ1) is 10.7. The number of hydrogen-bond donors (Lipinski definition) is 2. The summed E-state index contributed by atoms with van der Waals surface area (Å²) in [6.07, 6.45) is 0.221. The first-order valence-electron chi connectivity index (χ1n) is 7.46. The molecule has 0 aromatic carbocycles. The Balaban J connectivity index is 2.43. The second kappa shape index (κ2) is 6.84. The predicted molar refractivity (Wildman–Crippen MR) is 89.7 cm³/mol. The molecule has 4 atom stereocenters. The highest BCUT2D eigenvalue weighted by molar-refractivity contribution is 6.85. The Morgan fingerprint density at radius 3 is 1.61 bits per heavy atom. The monoisotopic (exact) mass is 376 g/mol. The van der Waals surface area contributed by atoms with Gasteiger partial charge in [-0.1, -0.05) is 19.7 Å². The maximum Gasteiger partial charge on any atom is 0.519 e. The van der Waals surface area contributed by atoms with Crippen molar-refractivity contribution in [3.05, 3.63) is 36.8 Å². The molecule has 7 nitrogen and oxygen atoms in total. The SMILES string of the molecule is C=C[Si]1(O)OC(C)CC2CC(C)O[Si](O)(C=C)O[Si](C=C)(O2)O1. The van der Waals surface area contributed by atoms with Crippen LogP contribution in [0.5, 0.6) is 0 Å². The highest BCUT2D eigenvalue weighted by Crippen LogP contribution is 2.33. The Bertz CT molecular complexity index is 456. The molecule has 2 rings (SSSR count). The van der Waals surface area contributed by atoms with Gasteiger partial charge in [-0.15, -0.1) is 0 Å². The fraction of sp³-hybridized carbons (Fsp3) is 0.538. The van der Waals surface area contributed by atoms with Gasteiger partial charge in [0, 0.05) is 12.2 Å². The largest absolute Gasteiger partial charge is 0.519 e. The molecule has 0 aromatic heterocycles. The number of hydrogen-bond acceptors (Lipinski definition) is 7. The van der Waals surface area contributed by atoms with Gasteiger partial charge in [-0.3, -0.25) is 0 Å². The van der Waals surface area contributed by atoms with Crippen molar-refractivity contribution in [2.45, 2.75) is 45.0 Å². The molecule has 2 fully saturated rings. The van der Waals surface area contributed by atoms with Crippen LogP contribution in [0.2, 0.25) is 0 Å². The molecule has 23 heavy (non-hydrogen) atoms. The molecule has 2 aliphatic rings. The van der Waals surface area contributed by atoms with Crippen molar-refractivity contribution in [1.29, 1.82) is 0 Å². The van der Waals surface area contributed by atoms with Crippen molar-refractivity contribution in [2.24, 2.45) is 0 Å². The summed E-state index contributed by atoms with van der Waals surface area (Å²) in [5, 5.41) is 0. The molecule has 2 heterocycles. The van der Waals surface area contributed by atoms with Gasteiger partial charge < -0.3 is 31.1 Å². The summed E-state index contributed by atoms with van der Waals surface area (Å²) < 4.78 is 28.9. The molecule has 2 bridgehead atoms. The highest BCUT2D eigenvalue weighted by Gasteiger charge is 2.58. The molecule has 0 amide bonds. The van der Waals surface area contributed by atoms with Gasteiger partial charge in [-0.25, -0.2) is 0 Å². The van der Waals surface area contributed by atoms with E-state index in [0.29, 0.717) is 12.8 Å². The summed E-state index contributed by atoms with van der Waals surface area (Å²) in [7, 11) is -11.1. The molecule has 0 aliphatic carbocycles. The molecule has 10 heteroatoms. The van der Waals surface area contributed by atoms with Crippen LogP contribution in [0.15, 0.2) is 36.8 Å². The van der Waals surface area contributed by atoms with Gasteiger partial charge in [0.15, 0.2) is 0 Å². The van der Waals surface area contributed by atoms with E-state index in [1.807, 2.05) is 13.8 Å². The van der Waals surface area contributed by atoms with E-state index in [9.17, 15) is 9.59 Å². The van der Waals surface area contributed by atoms with Crippen molar-refractivity contribution >= 4 is 26.4 Å². The quantitative estimate of drug-likeness (QED) is 0.711. The van der Waals surface area contributed by atoms with Crippen molar-refractivity contribution < 1.29 is 31.1 Å². The molecule has 2 saturated heterocycles. The van der Waals surface area contributed by atoms with Crippen molar-refractivity contribution in [3.8, 4) is 0 Å². The average molecular weight is 377 g/mol. The lowest BCUT2D eigenvalue weighted by Gasteiger charge is -2.44. The third-order valence-corrected chi connectivity index (χ3v) is 11.9. The third kappa shape index (κ3) is 4.36. The molecule has 4 unspecified atom stereocenters. The topological polar surface area (TPSA) is 86.6 Å². The summed E-state index contributed by atoms with van der Waals surface area (Å²) in [6.45, 7) is 14.5. The van der Waals surface area contributed by atoms with Crippen LogP contribution in [0.25, 0.3) is 0 Å². The van der Waals surface area contributed by atoms with Crippen LogP contribution >= 0.6 is 0 Å². The summed E-state index contributed by atoms with van der Waals surface area (Å²) in [4.78, 5) is 21.2. The lowest BCUT2D eigenvalue weighted by molar-refractivity contribution is -0.0389. The minimum absolute atomic E-state index is 0.267. The smallest absolute Gasteiger partial charge is 0.387 e. The summed E-state index contributed by atoms with van der Waals surface area (Å²) in [5.74, 6) is 0. The van der Waals surface area contributed by atoms with Crippen LogP contribution in [-0.2, 0) is 21.5 Å². The molecular formula is C13H24O7Si3. The summed E-state index contributed by atoms with van der Waals surface area (Å²) in [6, 6.07) is 0. The first-order valence-corrected chi connectivity index (χ1v) is 12.9. The molecule has 2 aliphatic heterocycles. The zero-order chi connectivity index (χ0) is 17.3. The molecule has 2 N–H and O–H groups in total. The van der Waals surface area contributed by atoms with Gasteiger partial charge >= 0.3 is 26.4 Å². The number of fused-ring (bicyclic) bond motifs is 2. The van der Waals surface area contributed by atoms with Crippen molar-refractivity contribution in [3.63, 3.8) is 0 Å². The van der Waals surface area contributed by atoms with Crippen molar-refractivity contribution in [1.82, 2.24) is 0 Å². The van der Waals surface area contributed by atoms with Crippen LogP contribution < -0.4 is 0 Å². The van der Waals surface area contributed by atoms with E-state index in [1.165, 1.54) is 17.1 Å². The van der Waals surface area contributed by atoms with E-state index in [1.54, 1.807) is 0 Å². The molecule has 0 aromatic rings. The highest BCUT2D eigenvalue weighted by atomic mass is 28.5. The van der Waals surface area contributed by atoms with Gasteiger partial charge in [0.05, 0.1) is 6.10 Å². The fourth-order valence-electron chi connectivity index (χ4n) is 2.67. The standard InChI is InChI=1S/C13H24O7Si3/c1-6-21(14)16-11(4)9-13-10-12(5)17-22(15,7-2)20-23(8-3,18-13)19-21/h6-8,11-15H,1-3,9-10H2,4-5H3. The summed E-state index contributed by atoms with van der Waals surface area (Å²) >= 11 is 0. The van der Waals surface area contributed by atoms with Gasteiger partial charge in [-0.2, -0.15) is 0 Å². The third-order valence-electron chi connectivity index (χ3n) is 3.60. The second-order valence-corrected chi connectivity index (χ2v) is 13.0. The molecule has 130 valence electrons. The normalized spacial score (nSPS) is 48.3. The Morgan fingerprint density at radius 2 is 1.26 bits per heavy atom. The zero-order valence-electron chi connectivity index (χ0n) is 13.4. The Kier molecular flexibility index (Phi) is 5.62. The summed E-state index contributed by atoms with van der Waals surface area (Å²) in [5.41, 5.74) is 3.85. The number of rotatable bonds is 3. The molecular weight excluding hydrogens is 352 g/mol. The minimum Gasteiger partial charge on any atom is -0.387 e. The van der Waals surface area contributed by atoms with E-state index in [2.05, 4.69) is 19.7 Å². The van der Waals surface area contributed by atoms with Gasteiger partial charge in [0.25, 0.3) is 0 Å². The van der Waals surface area contributed by atoms with Crippen LogP contribution in [0.3, 0.4) is 0 Å². The van der Waals surface area contributed by atoms with E-state index in [4.69, 9.17) is 21.5 Å². The average Bonchev–Trinajstić information content (AvgIpc) is 2.43. The Morgan fingerprint density at radius 1 is 0.826 bits per heavy atom. The first kappa shape index (κ1) is 18.9. The van der Waals surface area contributed by atoms with Gasteiger partial charge in [0.2, 0.25) is 0 Å². The molecule has 0 spiro atoms. The van der Waals surface area contributed by atoms with Crippen molar-refractivity contribution in [2.75, 3.05) is 0 Å². The van der Waals surface area contributed by atoms with Crippen LogP contribution in [-0.4, -0.2) is 54.3 Å². The molecule has 0 saturated carbocycles.